The van der Waals surface area contributed by atoms with Crippen LogP contribution in [0.4, 0.5) is 11.4 Å². The Hall–Kier alpha value is -3.25. The van der Waals surface area contributed by atoms with Gasteiger partial charge in [0.1, 0.15) is 0 Å². The lowest BCUT2D eigenvalue weighted by molar-refractivity contribution is 0.106. The summed E-state index contributed by atoms with van der Waals surface area (Å²) in [6, 6.07) is 22.5. The molecule has 0 atom stereocenters. The lowest BCUT2D eigenvalue weighted by Crippen LogP contribution is -2.26. The van der Waals surface area contributed by atoms with Gasteiger partial charge in [0.15, 0.2) is 5.84 Å². The number of hydrogen-bond acceptors (Lipinski definition) is 3. The van der Waals surface area contributed by atoms with Crippen molar-refractivity contribution in [2.45, 2.75) is 11.8 Å². The van der Waals surface area contributed by atoms with Gasteiger partial charge < -0.3 is 0 Å². The van der Waals surface area contributed by atoms with Gasteiger partial charge in [-0.15, -0.1) is 4.40 Å². The summed E-state index contributed by atoms with van der Waals surface area (Å²) in [5, 5.41) is 0. The summed E-state index contributed by atoms with van der Waals surface area (Å²) >= 11 is 0. The molecule has 3 aromatic rings. The third-order valence-electron chi connectivity index (χ3n) is 4.34. The second-order valence-corrected chi connectivity index (χ2v) is 7.82. The number of ketones is 1. The molecule has 3 aromatic carbocycles. The zero-order chi connectivity index (χ0) is 19.0. The van der Waals surface area contributed by atoms with Crippen molar-refractivity contribution < 1.29 is 13.2 Å². The van der Waals surface area contributed by atoms with Gasteiger partial charge >= 0.3 is 0 Å². The second-order valence-electron chi connectivity index (χ2n) is 6.22. The molecule has 0 aliphatic carbocycles. The predicted molar refractivity (Wildman–Crippen MR) is 105 cm³/mol. The average Bonchev–Trinajstić information content (AvgIpc) is 2.95. The van der Waals surface area contributed by atoms with E-state index in [0.717, 1.165) is 5.56 Å². The molecular formula is C21H16N2O3S. The molecule has 0 saturated heterocycles. The molecule has 4 rings (SSSR count). The Labute approximate surface area is 157 Å². The van der Waals surface area contributed by atoms with Crippen molar-refractivity contribution in [3.05, 3.63) is 90.0 Å². The van der Waals surface area contributed by atoms with E-state index in [-0.39, 0.29) is 10.7 Å². The van der Waals surface area contributed by atoms with Gasteiger partial charge in [-0.1, -0.05) is 48.0 Å². The maximum atomic E-state index is 12.9. The normalized spacial score (nSPS) is 15.2. The SMILES string of the molecule is Cc1ccc(S(=O)(=O)/N=C2\C(=O)c3ccccc3N2c2ccccc2)cc1. The van der Waals surface area contributed by atoms with Crippen molar-refractivity contribution >= 4 is 33.0 Å². The molecule has 0 spiro atoms. The van der Waals surface area contributed by atoms with Gasteiger partial charge in [0.05, 0.1) is 10.6 Å². The molecule has 5 nitrogen and oxygen atoms in total. The molecule has 0 saturated carbocycles. The van der Waals surface area contributed by atoms with Crippen LogP contribution in [0.15, 0.2) is 88.2 Å². The highest BCUT2D eigenvalue weighted by Crippen LogP contribution is 2.36. The van der Waals surface area contributed by atoms with Crippen LogP contribution in [-0.2, 0) is 10.0 Å². The number of para-hydroxylation sites is 2. The zero-order valence-electron chi connectivity index (χ0n) is 14.5. The largest absolute Gasteiger partial charge is 0.290 e. The first kappa shape index (κ1) is 17.2. The molecule has 0 N–H and O–H groups in total. The number of benzene rings is 3. The lowest BCUT2D eigenvalue weighted by atomic mass is 10.1. The molecule has 27 heavy (non-hydrogen) atoms. The van der Waals surface area contributed by atoms with Gasteiger partial charge in [-0.2, -0.15) is 8.42 Å². The smallest absolute Gasteiger partial charge is 0.284 e. The quantitative estimate of drug-likeness (QED) is 0.690. The molecule has 0 radical (unpaired) electrons. The van der Waals surface area contributed by atoms with Crippen molar-refractivity contribution in [1.29, 1.82) is 0 Å². The Morgan fingerprint density at radius 2 is 1.44 bits per heavy atom. The summed E-state index contributed by atoms with van der Waals surface area (Å²) in [6.07, 6.45) is 0. The molecule has 0 aromatic heterocycles. The molecule has 6 heteroatoms. The standard InChI is InChI=1S/C21H16N2O3S/c1-15-11-13-17(14-12-15)27(25,26)22-21-20(24)18-9-5-6-10-19(18)23(21)16-7-3-2-4-8-16/h2-14H,1H3/b22-21+. The number of nitrogens with zero attached hydrogens (tertiary/aromatic N) is 2. The highest BCUT2D eigenvalue weighted by Gasteiger charge is 2.36. The fraction of sp³-hybridized carbons (Fsp3) is 0.0476. The summed E-state index contributed by atoms with van der Waals surface area (Å²) in [7, 11) is -4.03. The fourth-order valence-corrected chi connectivity index (χ4v) is 3.97. The number of Topliss-reactive ketones (excluding diaryl/α,β-unsaturated/α-hetero) is 1. The Morgan fingerprint density at radius 1 is 0.815 bits per heavy atom. The zero-order valence-corrected chi connectivity index (χ0v) is 15.3. The van der Waals surface area contributed by atoms with E-state index in [1.165, 1.54) is 12.1 Å². The Morgan fingerprint density at radius 3 is 2.15 bits per heavy atom. The molecule has 134 valence electrons. The van der Waals surface area contributed by atoms with Crippen LogP contribution in [0.3, 0.4) is 0 Å². The van der Waals surface area contributed by atoms with Crippen LogP contribution in [0.2, 0.25) is 0 Å². The third kappa shape index (κ3) is 3.04. The third-order valence-corrected chi connectivity index (χ3v) is 5.63. The number of aryl methyl sites for hydroxylation is 1. The fourth-order valence-electron chi connectivity index (χ4n) is 2.99. The van der Waals surface area contributed by atoms with Crippen molar-refractivity contribution in [1.82, 2.24) is 0 Å². The summed E-state index contributed by atoms with van der Waals surface area (Å²) in [5.41, 5.74) is 2.66. The average molecular weight is 376 g/mol. The van der Waals surface area contributed by atoms with Crippen LogP contribution in [0, 0.1) is 6.92 Å². The van der Waals surface area contributed by atoms with E-state index in [1.54, 1.807) is 41.3 Å². The summed E-state index contributed by atoms with van der Waals surface area (Å²) in [4.78, 5) is 14.5. The Bertz CT molecular complexity index is 1150. The van der Waals surface area contributed by atoms with Gasteiger partial charge in [-0.3, -0.25) is 9.69 Å². The highest BCUT2D eigenvalue weighted by molar-refractivity contribution is 7.90. The monoisotopic (exact) mass is 376 g/mol. The first-order valence-electron chi connectivity index (χ1n) is 8.38. The second kappa shape index (κ2) is 6.48. The number of sulfonamides is 1. The van der Waals surface area contributed by atoms with E-state index >= 15 is 0 Å². The first-order chi connectivity index (χ1) is 13.0. The number of carbonyl (C=O) groups excluding carboxylic acids is 1. The van der Waals surface area contributed by atoms with E-state index in [2.05, 4.69) is 4.40 Å². The molecule has 0 fully saturated rings. The van der Waals surface area contributed by atoms with E-state index in [0.29, 0.717) is 16.9 Å². The number of amidine groups is 1. The predicted octanol–water partition coefficient (Wildman–Crippen LogP) is 4.12. The van der Waals surface area contributed by atoms with E-state index in [9.17, 15) is 13.2 Å². The molecule has 0 amide bonds. The summed E-state index contributed by atoms with van der Waals surface area (Å²) < 4.78 is 29.5. The Kier molecular flexibility index (Phi) is 4.12. The minimum absolute atomic E-state index is 0.0531. The number of fused-ring (bicyclic) bond motifs is 1. The van der Waals surface area contributed by atoms with Gasteiger partial charge in [0.2, 0.25) is 5.78 Å². The van der Waals surface area contributed by atoms with E-state index in [1.807, 2.05) is 37.3 Å². The van der Waals surface area contributed by atoms with Gasteiger partial charge in [0.25, 0.3) is 10.0 Å². The number of rotatable bonds is 3. The first-order valence-corrected chi connectivity index (χ1v) is 9.82. The van der Waals surface area contributed by atoms with Crippen molar-refractivity contribution in [3.63, 3.8) is 0 Å². The highest BCUT2D eigenvalue weighted by atomic mass is 32.2. The topological polar surface area (TPSA) is 66.8 Å². The number of carbonyl (C=O) groups is 1. The molecular weight excluding hydrogens is 360 g/mol. The van der Waals surface area contributed by atoms with Crippen LogP contribution < -0.4 is 4.90 Å². The van der Waals surface area contributed by atoms with Crippen molar-refractivity contribution in [3.8, 4) is 0 Å². The lowest BCUT2D eigenvalue weighted by Gasteiger charge is -2.19. The Balaban J connectivity index is 1.89. The van der Waals surface area contributed by atoms with Crippen LogP contribution in [0.25, 0.3) is 0 Å². The van der Waals surface area contributed by atoms with Gasteiger partial charge in [-0.05, 0) is 43.3 Å². The van der Waals surface area contributed by atoms with Crippen LogP contribution in [0.1, 0.15) is 15.9 Å². The van der Waals surface area contributed by atoms with Crippen LogP contribution in [0.5, 0.6) is 0 Å². The molecule has 0 unspecified atom stereocenters. The van der Waals surface area contributed by atoms with E-state index < -0.39 is 15.8 Å². The minimum atomic E-state index is -4.03. The van der Waals surface area contributed by atoms with E-state index in [4.69, 9.17) is 0 Å². The van der Waals surface area contributed by atoms with Crippen LogP contribution >= 0.6 is 0 Å². The molecule has 0 bridgehead atoms. The number of hydrogen-bond donors (Lipinski definition) is 0. The summed E-state index contributed by atoms with van der Waals surface area (Å²) in [6.45, 7) is 1.87. The number of anilines is 2. The van der Waals surface area contributed by atoms with Gasteiger partial charge in [-0.25, -0.2) is 0 Å². The molecule has 1 aliphatic heterocycles. The van der Waals surface area contributed by atoms with Crippen molar-refractivity contribution in [2.75, 3.05) is 4.90 Å². The molecule has 1 aliphatic rings. The maximum absolute atomic E-state index is 12.9. The van der Waals surface area contributed by atoms with Crippen molar-refractivity contribution in [2.24, 2.45) is 4.40 Å². The maximum Gasteiger partial charge on any atom is 0.284 e. The van der Waals surface area contributed by atoms with Crippen LogP contribution in [-0.4, -0.2) is 20.0 Å². The van der Waals surface area contributed by atoms with Gasteiger partial charge in [0, 0.05) is 11.3 Å². The summed E-state index contributed by atoms with van der Waals surface area (Å²) in [5.74, 6) is -0.534. The molecule has 1 heterocycles. The minimum Gasteiger partial charge on any atom is -0.290 e.